The first-order valence-corrected chi connectivity index (χ1v) is 7.40. The molecule has 3 rings (SSSR count). The highest BCUT2D eigenvalue weighted by Crippen LogP contribution is 2.23. The van der Waals surface area contributed by atoms with Crippen molar-refractivity contribution in [1.82, 2.24) is 30.3 Å². The van der Waals surface area contributed by atoms with Crippen LogP contribution in [0.4, 0.5) is 0 Å². The second-order valence-corrected chi connectivity index (χ2v) is 5.63. The molecule has 0 fully saturated rings. The molecule has 7 nitrogen and oxygen atoms in total. The maximum absolute atomic E-state index is 5.09. The van der Waals surface area contributed by atoms with Gasteiger partial charge in [0.2, 0.25) is 11.0 Å². The van der Waals surface area contributed by atoms with Crippen molar-refractivity contribution < 1.29 is 4.52 Å². The van der Waals surface area contributed by atoms with Crippen LogP contribution in [0.15, 0.2) is 27.9 Å². The van der Waals surface area contributed by atoms with Gasteiger partial charge in [-0.1, -0.05) is 34.6 Å². The van der Waals surface area contributed by atoms with Gasteiger partial charge in [0.15, 0.2) is 5.82 Å². The first-order valence-electron chi connectivity index (χ1n) is 6.41. The highest BCUT2D eigenvalue weighted by Gasteiger charge is 2.13. The largest absolute Gasteiger partial charge is 0.338 e. The molecule has 0 atom stereocenters. The fourth-order valence-corrected chi connectivity index (χ4v) is 2.71. The molecule has 0 aliphatic rings. The van der Waals surface area contributed by atoms with Gasteiger partial charge in [0.1, 0.15) is 0 Å². The van der Waals surface area contributed by atoms with Gasteiger partial charge >= 0.3 is 0 Å². The summed E-state index contributed by atoms with van der Waals surface area (Å²) in [6.45, 7) is 5.89. The summed E-state index contributed by atoms with van der Waals surface area (Å²) in [5.41, 5.74) is 3.30. The number of thioether (sulfide) groups is 1. The zero-order valence-corrected chi connectivity index (χ0v) is 12.8. The van der Waals surface area contributed by atoms with Gasteiger partial charge in [-0.2, -0.15) is 9.67 Å². The van der Waals surface area contributed by atoms with Crippen molar-refractivity contribution >= 4 is 11.8 Å². The molecule has 0 saturated carbocycles. The second kappa shape index (κ2) is 5.65. The zero-order valence-electron chi connectivity index (χ0n) is 11.9. The highest BCUT2D eigenvalue weighted by atomic mass is 32.2. The Morgan fingerprint density at radius 2 is 2.10 bits per heavy atom. The molecule has 2 aromatic heterocycles. The minimum absolute atomic E-state index is 0.534. The maximum atomic E-state index is 5.09. The van der Waals surface area contributed by atoms with Gasteiger partial charge in [0.25, 0.3) is 0 Å². The summed E-state index contributed by atoms with van der Waals surface area (Å²) in [6.07, 6.45) is 0. The molecule has 0 unspecified atom stereocenters. The molecule has 1 aromatic carbocycles. The molecule has 108 valence electrons. The second-order valence-electron chi connectivity index (χ2n) is 4.69. The summed E-state index contributed by atoms with van der Waals surface area (Å²) < 4.78 is 6.81. The van der Waals surface area contributed by atoms with E-state index in [1.165, 1.54) is 17.3 Å². The molecule has 0 aliphatic heterocycles. The molecule has 0 amide bonds. The average molecular weight is 302 g/mol. The Bertz CT molecular complexity index is 766. The predicted molar refractivity (Wildman–Crippen MR) is 77.2 cm³/mol. The number of nitrogens with zero attached hydrogens (tertiary/aromatic N) is 6. The van der Waals surface area contributed by atoms with Gasteiger partial charge in [0.05, 0.1) is 11.4 Å². The van der Waals surface area contributed by atoms with Gasteiger partial charge < -0.3 is 4.52 Å². The third kappa shape index (κ3) is 2.94. The first kappa shape index (κ1) is 13.7. The van der Waals surface area contributed by atoms with Crippen molar-refractivity contribution in [2.75, 3.05) is 0 Å². The lowest BCUT2D eigenvalue weighted by Crippen LogP contribution is -2.02. The van der Waals surface area contributed by atoms with Crippen LogP contribution in [0, 0.1) is 20.8 Å². The number of aromatic nitrogens is 6. The Hall–Kier alpha value is -2.22. The predicted octanol–water partition coefficient (Wildman–Crippen LogP) is 2.26. The minimum Gasteiger partial charge on any atom is -0.338 e. The van der Waals surface area contributed by atoms with Crippen LogP contribution >= 0.6 is 11.8 Å². The summed E-state index contributed by atoms with van der Waals surface area (Å²) in [4.78, 5) is 4.17. The minimum atomic E-state index is 0.534. The number of hydrogen-bond donors (Lipinski definition) is 0. The van der Waals surface area contributed by atoms with Crippen LogP contribution in [0.2, 0.25) is 0 Å². The van der Waals surface area contributed by atoms with Crippen LogP contribution in [0.25, 0.3) is 5.69 Å². The molecule has 0 N–H and O–H groups in total. The summed E-state index contributed by atoms with van der Waals surface area (Å²) in [7, 11) is 0. The molecule has 0 spiro atoms. The molecule has 8 heteroatoms. The van der Waals surface area contributed by atoms with E-state index < -0.39 is 0 Å². The Balaban J connectivity index is 1.83. The van der Waals surface area contributed by atoms with E-state index in [-0.39, 0.29) is 0 Å². The SMILES string of the molecule is Cc1ccc(-n2nnnc2SCc2nc(C)no2)c(C)c1. The third-order valence-electron chi connectivity index (χ3n) is 2.92. The van der Waals surface area contributed by atoms with Gasteiger partial charge in [0, 0.05) is 0 Å². The van der Waals surface area contributed by atoms with Crippen LogP contribution < -0.4 is 0 Å². The molecule has 0 aliphatic carbocycles. The van der Waals surface area contributed by atoms with Crippen molar-refractivity contribution in [3.8, 4) is 5.69 Å². The molecule has 21 heavy (non-hydrogen) atoms. The zero-order chi connectivity index (χ0) is 14.8. The van der Waals surface area contributed by atoms with Crippen molar-refractivity contribution in [1.29, 1.82) is 0 Å². The van der Waals surface area contributed by atoms with E-state index in [0.29, 0.717) is 22.6 Å². The van der Waals surface area contributed by atoms with E-state index in [1.54, 1.807) is 11.6 Å². The summed E-state index contributed by atoms with van der Waals surface area (Å²) >= 11 is 1.46. The topological polar surface area (TPSA) is 82.5 Å². The maximum Gasteiger partial charge on any atom is 0.237 e. The van der Waals surface area contributed by atoms with Crippen molar-refractivity contribution in [3.63, 3.8) is 0 Å². The fraction of sp³-hybridized carbons (Fsp3) is 0.308. The Morgan fingerprint density at radius 3 is 2.81 bits per heavy atom. The number of rotatable bonds is 4. The first-order chi connectivity index (χ1) is 10.1. The van der Waals surface area contributed by atoms with E-state index in [0.717, 1.165) is 11.3 Å². The summed E-state index contributed by atoms with van der Waals surface area (Å²) in [5.74, 6) is 1.72. The van der Waals surface area contributed by atoms with Crippen molar-refractivity contribution in [3.05, 3.63) is 41.0 Å². The van der Waals surface area contributed by atoms with Gasteiger partial charge in [-0.3, -0.25) is 0 Å². The quantitative estimate of drug-likeness (QED) is 0.683. The molecule has 0 bridgehead atoms. The van der Waals surface area contributed by atoms with Crippen LogP contribution in [0.1, 0.15) is 22.8 Å². The van der Waals surface area contributed by atoms with Crippen LogP contribution in [-0.2, 0) is 5.75 Å². The van der Waals surface area contributed by atoms with Crippen LogP contribution in [0.5, 0.6) is 0 Å². The monoisotopic (exact) mass is 302 g/mol. The summed E-state index contributed by atoms with van der Waals surface area (Å²) in [6, 6.07) is 6.16. The van der Waals surface area contributed by atoms with E-state index in [4.69, 9.17) is 4.52 Å². The number of aryl methyl sites for hydroxylation is 3. The van der Waals surface area contributed by atoms with Crippen LogP contribution in [0.3, 0.4) is 0 Å². The van der Waals surface area contributed by atoms with Gasteiger partial charge in [-0.15, -0.1) is 5.10 Å². The number of benzene rings is 1. The number of hydrogen-bond acceptors (Lipinski definition) is 7. The lowest BCUT2D eigenvalue weighted by molar-refractivity contribution is 0.387. The molecular weight excluding hydrogens is 288 g/mol. The normalized spacial score (nSPS) is 11.0. The average Bonchev–Trinajstić information content (AvgIpc) is 3.05. The van der Waals surface area contributed by atoms with Crippen molar-refractivity contribution in [2.45, 2.75) is 31.7 Å². The van der Waals surface area contributed by atoms with Crippen molar-refractivity contribution in [2.24, 2.45) is 0 Å². The lowest BCUT2D eigenvalue weighted by Gasteiger charge is -2.07. The molecule has 0 saturated heterocycles. The standard InChI is InChI=1S/C13H14N6OS/c1-8-4-5-11(9(2)6-8)19-13(15-17-18-19)21-7-12-14-10(3)16-20-12/h4-6H,7H2,1-3H3. The number of tetrazole rings is 1. The molecule has 3 aromatic rings. The highest BCUT2D eigenvalue weighted by molar-refractivity contribution is 7.98. The summed E-state index contributed by atoms with van der Waals surface area (Å²) in [5, 5.41) is 16.3. The fourth-order valence-electron chi connectivity index (χ4n) is 1.99. The smallest absolute Gasteiger partial charge is 0.237 e. The Labute approximate surface area is 125 Å². The van der Waals surface area contributed by atoms with E-state index in [2.05, 4.69) is 38.7 Å². The molecule has 0 radical (unpaired) electrons. The van der Waals surface area contributed by atoms with Gasteiger partial charge in [-0.05, 0) is 42.8 Å². The van der Waals surface area contributed by atoms with E-state index >= 15 is 0 Å². The Morgan fingerprint density at radius 1 is 1.24 bits per heavy atom. The third-order valence-corrected chi connectivity index (χ3v) is 3.82. The molecule has 2 heterocycles. The lowest BCUT2D eigenvalue weighted by atomic mass is 10.1. The molecular formula is C13H14N6OS. The van der Waals surface area contributed by atoms with E-state index in [9.17, 15) is 0 Å². The Kier molecular flexibility index (Phi) is 3.70. The van der Waals surface area contributed by atoms with E-state index in [1.807, 2.05) is 19.1 Å². The van der Waals surface area contributed by atoms with Crippen LogP contribution in [-0.4, -0.2) is 30.3 Å². The van der Waals surface area contributed by atoms with Gasteiger partial charge in [-0.25, -0.2) is 0 Å².